The fraction of sp³-hybridized carbons (Fsp3) is 0.412. The van der Waals surface area contributed by atoms with E-state index in [2.05, 4.69) is 20.0 Å². The summed E-state index contributed by atoms with van der Waals surface area (Å²) in [6.45, 7) is 2.87. The summed E-state index contributed by atoms with van der Waals surface area (Å²) in [5.41, 5.74) is 1.77. The van der Waals surface area contributed by atoms with Gasteiger partial charge in [0.25, 0.3) is 0 Å². The van der Waals surface area contributed by atoms with Crippen LogP contribution >= 0.6 is 0 Å². The van der Waals surface area contributed by atoms with Crippen LogP contribution in [0.5, 0.6) is 5.75 Å². The van der Waals surface area contributed by atoms with Crippen molar-refractivity contribution in [2.45, 2.75) is 32.3 Å². The standard InChI is InChI=1S/C17H19F3N4O2/c1-11(10-25)22-16-21-6-4-15(23-16)24-7-5-12-2-3-14(8-13(12)9-24)26-17(18,19)20/h2-4,6,8,11,25H,5,7,9-10H2,1H3,(H,21,22,23)/t11-/m1/s1. The van der Waals surface area contributed by atoms with Crippen LogP contribution in [0.15, 0.2) is 30.5 Å². The lowest BCUT2D eigenvalue weighted by atomic mass is 9.99. The summed E-state index contributed by atoms with van der Waals surface area (Å²) >= 11 is 0. The predicted octanol–water partition coefficient (Wildman–Crippen LogP) is 2.73. The molecule has 1 aliphatic heterocycles. The van der Waals surface area contributed by atoms with Gasteiger partial charge in [-0.05, 0) is 42.7 Å². The van der Waals surface area contributed by atoms with E-state index in [0.29, 0.717) is 31.3 Å². The van der Waals surface area contributed by atoms with Crippen molar-refractivity contribution in [2.24, 2.45) is 0 Å². The Morgan fingerprint density at radius 3 is 2.85 bits per heavy atom. The normalized spacial score (nSPS) is 15.3. The quantitative estimate of drug-likeness (QED) is 0.846. The Hall–Kier alpha value is -2.55. The molecule has 0 radical (unpaired) electrons. The molecule has 0 saturated carbocycles. The van der Waals surface area contributed by atoms with Gasteiger partial charge in [-0.15, -0.1) is 13.2 Å². The van der Waals surface area contributed by atoms with Gasteiger partial charge in [0.15, 0.2) is 0 Å². The highest BCUT2D eigenvalue weighted by atomic mass is 19.4. The lowest BCUT2D eigenvalue weighted by Gasteiger charge is -2.30. The number of fused-ring (bicyclic) bond motifs is 1. The Bertz CT molecular complexity index is 770. The molecule has 140 valence electrons. The molecule has 0 amide bonds. The number of anilines is 2. The number of hydrogen-bond donors (Lipinski definition) is 2. The third-order valence-electron chi connectivity index (χ3n) is 4.04. The van der Waals surface area contributed by atoms with Crippen molar-refractivity contribution in [2.75, 3.05) is 23.4 Å². The SMILES string of the molecule is C[C@H](CO)Nc1nccc(N2CCc3ccc(OC(F)(F)F)cc3C2)n1. The van der Waals surface area contributed by atoms with E-state index in [-0.39, 0.29) is 18.4 Å². The summed E-state index contributed by atoms with van der Waals surface area (Å²) in [4.78, 5) is 10.5. The molecule has 2 heterocycles. The number of halogens is 3. The van der Waals surface area contributed by atoms with Crippen molar-refractivity contribution in [3.8, 4) is 5.75 Å². The molecule has 0 unspecified atom stereocenters. The molecule has 1 aromatic carbocycles. The maximum Gasteiger partial charge on any atom is 0.573 e. The minimum absolute atomic E-state index is 0.0489. The van der Waals surface area contributed by atoms with Crippen molar-refractivity contribution < 1.29 is 23.0 Å². The first-order valence-electron chi connectivity index (χ1n) is 8.17. The average Bonchev–Trinajstić information content (AvgIpc) is 2.60. The van der Waals surface area contributed by atoms with Gasteiger partial charge in [-0.3, -0.25) is 0 Å². The van der Waals surface area contributed by atoms with Gasteiger partial charge in [-0.1, -0.05) is 6.07 Å². The number of aliphatic hydroxyl groups excluding tert-OH is 1. The highest BCUT2D eigenvalue weighted by Gasteiger charge is 2.31. The number of rotatable bonds is 5. The molecular formula is C17H19F3N4O2. The van der Waals surface area contributed by atoms with E-state index in [1.165, 1.54) is 12.1 Å². The molecule has 1 atom stereocenters. The number of hydrogen-bond acceptors (Lipinski definition) is 6. The molecule has 0 saturated heterocycles. The topological polar surface area (TPSA) is 70.5 Å². The number of aromatic nitrogens is 2. The number of nitrogens with zero attached hydrogens (tertiary/aromatic N) is 3. The van der Waals surface area contributed by atoms with Gasteiger partial charge in [0.1, 0.15) is 11.6 Å². The number of alkyl halides is 3. The van der Waals surface area contributed by atoms with Crippen LogP contribution in [0.1, 0.15) is 18.1 Å². The lowest BCUT2D eigenvalue weighted by Crippen LogP contribution is -2.31. The van der Waals surface area contributed by atoms with Crippen molar-refractivity contribution in [3.63, 3.8) is 0 Å². The molecule has 6 nitrogen and oxygen atoms in total. The predicted molar refractivity (Wildman–Crippen MR) is 90.1 cm³/mol. The second-order valence-electron chi connectivity index (χ2n) is 6.12. The van der Waals surface area contributed by atoms with E-state index >= 15 is 0 Å². The van der Waals surface area contributed by atoms with E-state index in [1.54, 1.807) is 25.3 Å². The van der Waals surface area contributed by atoms with Crippen molar-refractivity contribution in [1.82, 2.24) is 9.97 Å². The fourth-order valence-electron chi connectivity index (χ4n) is 2.79. The molecule has 1 aliphatic rings. The Morgan fingerprint density at radius 1 is 1.31 bits per heavy atom. The number of aliphatic hydroxyl groups is 1. The Labute approximate surface area is 148 Å². The van der Waals surface area contributed by atoms with Crippen LogP contribution in [0, 0.1) is 0 Å². The van der Waals surface area contributed by atoms with Gasteiger partial charge < -0.3 is 20.1 Å². The van der Waals surface area contributed by atoms with E-state index in [9.17, 15) is 13.2 Å². The second kappa shape index (κ2) is 7.36. The first-order valence-corrected chi connectivity index (χ1v) is 8.17. The van der Waals surface area contributed by atoms with E-state index in [4.69, 9.17) is 5.11 Å². The minimum Gasteiger partial charge on any atom is -0.406 e. The second-order valence-corrected chi connectivity index (χ2v) is 6.12. The van der Waals surface area contributed by atoms with Crippen LogP contribution in [0.4, 0.5) is 24.9 Å². The van der Waals surface area contributed by atoms with Gasteiger partial charge in [-0.25, -0.2) is 4.98 Å². The molecule has 9 heteroatoms. The molecule has 2 aromatic rings. The largest absolute Gasteiger partial charge is 0.573 e. The van der Waals surface area contributed by atoms with E-state index in [0.717, 1.165) is 11.1 Å². The smallest absolute Gasteiger partial charge is 0.406 e. The fourth-order valence-corrected chi connectivity index (χ4v) is 2.79. The molecule has 1 aromatic heterocycles. The third-order valence-corrected chi connectivity index (χ3v) is 4.04. The van der Waals surface area contributed by atoms with E-state index < -0.39 is 6.36 Å². The van der Waals surface area contributed by atoms with Crippen LogP contribution in [-0.4, -0.2) is 40.6 Å². The van der Waals surface area contributed by atoms with Gasteiger partial charge in [0.05, 0.1) is 6.61 Å². The summed E-state index contributed by atoms with van der Waals surface area (Å²) in [5, 5.41) is 12.1. The summed E-state index contributed by atoms with van der Waals surface area (Å²) in [5.74, 6) is 0.837. The van der Waals surface area contributed by atoms with Gasteiger partial charge in [0, 0.05) is 25.3 Å². The molecule has 0 bridgehead atoms. The molecule has 3 rings (SSSR count). The zero-order valence-corrected chi connectivity index (χ0v) is 14.1. The van der Waals surface area contributed by atoms with E-state index in [1.807, 2.05) is 4.90 Å². The number of ether oxygens (including phenoxy) is 1. The zero-order chi connectivity index (χ0) is 18.7. The Balaban J connectivity index is 1.77. The monoisotopic (exact) mass is 368 g/mol. The van der Waals surface area contributed by atoms with Crippen LogP contribution in [0.2, 0.25) is 0 Å². The minimum atomic E-state index is -4.71. The molecule has 2 N–H and O–H groups in total. The average molecular weight is 368 g/mol. The van der Waals surface area contributed by atoms with Crippen LogP contribution in [0.25, 0.3) is 0 Å². The molecular weight excluding hydrogens is 349 g/mol. The summed E-state index contributed by atoms with van der Waals surface area (Å²) in [7, 11) is 0. The van der Waals surface area contributed by atoms with Crippen LogP contribution < -0.4 is 15.0 Å². The number of nitrogens with one attached hydrogen (secondary N) is 1. The summed E-state index contributed by atoms with van der Waals surface area (Å²) in [6.07, 6.45) is -2.41. The molecule has 0 aliphatic carbocycles. The van der Waals surface area contributed by atoms with Gasteiger partial charge >= 0.3 is 6.36 Å². The van der Waals surface area contributed by atoms with Crippen molar-refractivity contribution >= 4 is 11.8 Å². The van der Waals surface area contributed by atoms with Gasteiger partial charge in [0.2, 0.25) is 5.95 Å². The van der Waals surface area contributed by atoms with Crippen LogP contribution in [0.3, 0.4) is 0 Å². The van der Waals surface area contributed by atoms with Crippen LogP contribution in [-0.2, 0) is 13.0 Å². The number of benzene rings is 1. The van der Waals surface area contributed by atoms with Crippen molar-refractivity contribution in [1.29, 1.82) is 0 Å². The molecule has 0 fully saturated rings. The third kappa shape index (κ3) is 4.54. The highest BCUT2D eigenvalue weighted by molar-refractivity contribution is 5.48. The summed E-state index contributed by atoms with van der Waals surface area (Å²) < 4.78 is 41.3. The highest BCUT2D eigenvalue weighted by Crippen LogP contribution is 2.29. The Kier molecular flexibility index (Phi) is 5.17. The molecule has 26 heavy (non-hydrogen) atoms. The first-order chi connectivity index (χ1) is 12.3. The molecule has 0 spiro atoms. The first kappa shape index (κ1) is 18.2. The van der Waals surface area contributed by atoms with Crippen molar-refractivity contribution in [3.05, 3.63) is 41.6 Å². The lowest BCUT2D eigenvalue weighted by molar-refractivity contribution is -0.274. The van der Waals surface area contributed by atoms with Gasteiger partial charge in [-0.2, -0.15) is 4.98 Å². The zero-order valence-electron chi connectivity index (χ0n) is 14.1. The summed E-state index contributed by atoms with van der Waals surface area (Å²) in [6, 6.07) is 5.99. The maximum absolute atomic E-state index is 12.4. The Morgan fingerprint density at radius 2 is 2.12 bits per heavy atom. The maximum atomic E-state index is 12.4.